The van der Waals surface area contributed by atoms with Gasteiger partial charge in [0.15, 0.2) is 0 Å². The molecule has 2 aliphatic heterocycles. The van der Waals surface area contributed by atoms with Crippen molar-refractivity contribution in [2.45, 2.75) is 69.9 Å². The Hall–Kier alpha value is -2.45. The van der Waals surface area contributed by atoms with Crippen molar-refractivity contribution in [1.82, 2.24) is 0 Å². The lowest BCUT2D eigenvalue weighted by molar-refractivity contribution is -0.384. The topological polar surface area (TPSA) is 104 Å². The molecule has 8 nitrogen and oxygen atoms in total. The first-order valence-corrected chi connectivity index (χ1v) is 10.3. The van der Waals surface area contributed by atoms with E-state index in [9.17, 15) is 14.9 Å². The number of nitro groups is 1. The molecule has 1 aromatic rings. The highest BCUT2D eigenvalue weighted by Crippen LogP contribution is 2.59. The molecule has 3 fully saturated rings. The second-order valence-corrected chi connectivity index (χ2v) is 8.83. The number of epoxide rings is 2. The van der Waals surface area contributed by atoms with E-state index >= 15 is 0 Å². The van der Waals surface area contributed by atoms with Crippen LogP contribution in [0.1, 0.15) is 46.5 Å². The predicted octanol–water partition coefficient (Wildman–Crippen LogP) is 4.56. The average Bonchev–Trinajstić information content (AvgIpc) is 3.60. The van der Waals surface area contributed by atoms with E-state index in [1.165, 1.54) is 29.8 Å². The summed E-state index contributed by atoms with van der Waals surface area (Å²) in [5.41, 5.74) is 0.772. The van der Waals surface area contributed by atoms with Crippen LogP contribution in [-0.4, -0.2) is 41.1 Å². The Morgan fingerprint density at radius 2 is 2.03 bits per heavy atom. The molecule has 0 bridgehead atoms. The average molecular weight is 417 g/mol. The molecule has 2 heterocycles. The Labute approximate surface area is 175 Å². The van der Waals surface area contributed by atoms with Gasteiger partial charge in [-0.3, -0.25) is 10.1 Å². The highest BCUT2D eigenvalue weighted by molar-refractivity contribution is 5.64. The van der Waals surface area contributed by atoms with E-state index in [1.807, 2.05) is 0 Å². The molecule has 3 unspecified atom stereocenters. The molecule has 1 aromatic carbocycles. The minimum Gasteiger partial charge on any atom is -0.431 e. The summed E-state index contributed by atoms with van der Waals surface area (Å²) in [4.78, 5) is 22.5. The van der Waals surface area contributed by atoms with Gasteiger partial charge in [-0.25, -0.2) is 4.79 Å². The summed E-state index contributed by atoms with van der Waals surface area (Å²) in [6.45, 7) is 7.01. The summed E-state index contributed by atoms with van der Waals surface area (Å²) >= 11 is 0. The van der Waals surface area contributed by atoms with Gasteiger partial charge in [0.2, 0.25) is 0 Å². The van der Waals surface area contributed by atoms with Crippen LogP contribution in [0.2, 0.25) is 0 Å². The third kappa shape index (κ3) is 4.20. The van der Waals surface area contributed by atoms with E-state index in [2.05, 4.69) is 26.8 Å². The van der Waals surface area contributed by atoms with Gasteiger partial charge in [0, 0.05) is 18.1 Å². The van der Waals surface area contributed by atoms with Crippen LogP contribution >= 0.6 is 0 Å². The van der Waals surface area contributed by atoms with Gasteiger partial charge in [0.05, 0.1) is 28.8 Å². The first-order chi connectivity index (χ1) is 14.2. The summed E-state index contributed by atoms with van der Waals surface area (Å²) in [6, 6.07) is 5.32. The molecule has 0 radical (unpaired) electrons. The van der Waals surface area contributed by atoms with E-state index in [0.29, 0.717) is 12.8 Å². The van der Waals surface area contributed by atoms with Crippen LogP contribution in [0.15, 0.2) is 35.9 Å². The molecule has 1 aliphatic carbocycles. The van der Waals surface area contributed by atoms with Crippen LogP contribution in [0.3, 0.4) is 0 Å². The minimum absolute atomic E-state index is 0.0686. The molecule has 2 saturated heterocycles. The van der Waals surface area contributed by atoms with Gasteiger partial charge >= 0.3 is 6.16 Å². The smallest absolute Gasteiger partial charge is 0.431 e. The van der Waals surface area contributed by atoms with E-state index in [4.69, 9.17) is 18.9 Å². The normalized spacial score (nSPS) is 34.2. The zero-order valence-corrected chi connectivity index (χ0v) is 17.5. The van der Waals surface area contributed by atoms with Crippen molar-refractivity contribution >= 4 is 11.8 Å². The lowest BCUT2D eigenvalue weighted by Gasteiger charge is -2.36. The summed E-state index contributed by atoms with van der Waals surface area (Å²) in [5.74, 6) is 0.366. The summed E-state index contributed by atoms with van der Waals surface area (Å²) < 4.78 is 22.7. The third-order valence-electron chi connectivity index (χ3n) is 6.46. The van der Waals surface area contributed by atoms with Gasteiger partial charge in [0.1, 0.15) is 11.9 Å². The number of carbonyl (C=O) groups is 1. The fourth-order valence-corrected chi connectivity index (χ4v) is 4.57. The number of ether oxygens (including phenoxy) is 4. The second kappa shape index (κ2) is 7.67. The largest absolute Gasteiger partial charge is 0.514 e. The lowest BCUT2D eigenvalue weighted by Crippen LogP contribution is -2.44. The van der Waals surface area contributed by atoms with Crippen molar-refractivity contribution < 1.29 is 28.7 Å². The Balaban J connectivity index is 1.35. The number of benzene rings is 1. The molecule has 0 N–H and O–H groups in total. The van der Waals surface area contributed by atoms with Gasteiger partial charge < -0.3 is 18.9 Å². The number of allylic oxidation sites excluding steroid dienone is 1. The van der Waals surface area contributed by atoms with Gasteiger partial charge in [-0.1, -0.05) is 11.6 Å². The predicted molar refractivity (Wildman–Crippen MR) is 107 cm³/mol. The van der Waals surface area contributed by atoms with Crippen LogP contribution in [0.25, 0.3) is 0 Å². The van der Waals surface area contributed by atoms with Gasteiger partial charge in [-0.2, -0.15) is 0 Å². The molecule has 162 valence electrons. The number of carbonyl (C=O) groups excluding carboxylic acids is 1. The molecule has 0 aromatic heterocycles. The van der Waals surface area contributed by atoms with Crippen molar-refractivity contribution in [1.29, 1.82) is 0 Å². The van der Waals surface area contributed by atoms with E-state index < -0.39 is 11.1 Å². The molecule has 1 saturated carbocycles. The lowest BCUT2D eigenvalue weighted by atomic mass is 9.70. The monoisotopic (exact) mass is 417 g/mol. The van der Waals surface area contributed by atoms with Gasteiger partial charge in [-0.05, 0) is 58.6 Å². The first kappa shape index (κ1) is 20.8. The maximum atomic E-state index is 12.2. The summed E-state index contributed by atoms with van der Waals surface area (Å²) in [6.07, 6.45) is 4.33. The van der Waals surface area contributed by atoms with Gasteiger partial charge in [0.25, 0.3) is 5.69 Å². The highest BCUT2D eigenvalue weighted by Gasteiger charge is 2.68. The number of non-ortho nitro benzene ring substituents is 1. The van der Waals surface area contributed by atoms with Crippen LogP contribution in [0, 0.1) is 16.0 Å². The Kier molecular flexibility index (Phi) is 5.32. The van der Waals surface area contributed by atoms with E-state index in [-0.39, 0.29) is 40.8 Å². The zero-order chi connectivity index (χ0) is 21.5. The molecule has 5 atom stereocenters. The molecule has 0 amide bonds. The number of nitrogens with zero attached hydrogens (tertiary/aromatic N) is 1. The number of hydrogen-bond donors (Lipinski definition) is 0. The molecule has 4 rings (SSSR count). The Bertz CT molecular complexity index is 857. The van der Waals surface area contributed by atoms with Gasteiger partial charge in [-0.15, -0.1) is 0 Å². The van der Waals surface area contributed by atoms with Crippen LogP contribution in [0.5, 0.6) is 5.75 Å². The standard InChI is InChI=1S/C22H27NO7/c1-14(2)4-9-19-21(3,30-19)18-12-17(10-11-22(18)13-27-22)29-20(24)28-16-7-5-15(6-8-16)23(25)26/h4-8,17-19H,9-13H2,1-3H3/t17?,18?,19-,21?,22+/m1/s1. The van der Waals surface area contributed by atoms with Crippen LogP contribution in [0.4, 0.5) is 10.5 Å². The van der Waals surface area contributed by atoms with Crippen LogP contribution < -0.4 is 4.74 Å². The molecular weight excluding hydrogens is 390 g/mol. The van der Waals surface area contributed by atoms with E-state index in [1.54, 1.807) is 0 Å². The van der Waals surface area contributed by atoms with Crippen molar-refractivity contribution in [3.63, 3.8) is 0 Å². The molecule has 1 spiro atoms. The molecule has 8 heteroatoms. The quantitative estimate of drug-likeness (QED) is 0.167. The van der Waals surface area contributed by atoms with E-state index in [0.717, 1.165) is 19.4 Å². The van der Waals surface area contributed by atoms with Crippen LogP contribution in [-0.2, 0) is 14.2 Å². The van der Waals surface area contributed by atoms with Crippen molar-refractivity contribution in [2.75, 3.05) is 6.61 Å². The highest BCUT2D eigenvalue weighted by atomic mass is 16.7. The Morgan fingerprint density at radius 1 is 1.33 bits per heavy atom. The SMILES string of the molecule is CC(C)=CC[C@H]1OC1(C)C1CC(OC(=O)Oc2ccc([N+](=O)[O-])cc2)CC[C@]12CO2. The number of rotatable bonds is 6. The number of nitro benzene ring substituents is 1. The second-order valence-electron chi connectivity index (χ2n) is 8.83. The Morgan fingerprint density at radius 3 is 2.63 bits per heavy atom. The molecular formula is C22H27NO7. The number of hydrogen-bond acceptors (Lipinski definition) is 7. The summed E-state index contributed by atoms with van der Waals surface area (Å²) in [5, 5.41) is 10.7. The fourth-order valence-electron chi connectivity index (χ4n) is 4.57. The molecule has 3 aliphatic rings. The third-order valence-corrected chi connectivity index (χ3v) is 6.46. The molecule has 30 heavy (non-hydrogen) atoms. The van der Waals surface area contributed by atoms with Crippen molar-refractivity contribution in [3.05, 3.63) is 46.0 Å². The maximum Gasteiger partial charge on any atom is 0.514 e. The van der Waals surface area contributed by atoms with Crippen molar-refractivity contribution in [3.8, 4) is 5.75 Å². The fraction of sp³-hybridized carbons (Fsp3) is 0.591. The zero-order valence-electron chi connectivity index (χ0n) is 17.5. The van der Waals surface area contributed by atoms with Crippen molar-refractivity contribution in [2.24, 2.45) is 5.92 Å². The maximum absolute atomic E-state index is 12.2. The summed E-state index contributed by atoms with van der Waals surface area (Å²) in [7, 11) is 0. The first-order valence-electron chi connectivity index (χ1n) is 10.3. The minimum atomic E-state index is -0.803.